The van der Waals surface area contributed by atoms with Gasteiger partial charge in [0.2, 0.25) is 0 Å². The summed E-state index contributed by atoms with van der Waals surface area (Å²) in [5, 5.41) is 12.6. The summed E-state index contributed by atoms with van der Waals surface area (Å²) in [5.74, 6) is 0.866. The van der Waals surface area contributed by atoms with Crippen molar-refractivity contribution in [3.05, 3.63) is 56.5 Å². The Morgan fingerprint density at radius 1 is 1.15 bits per heavy atom. The highest BCUT2D eigenvalue weighted by Crippen LogP contribution is 2.32. The topological polar surface area (TPSA) is 67.8 Å². The lowest BCUT2D eigenvalue weighted by Gasteiger charge is -2.11. The first-order valence-electron chi connectivity index (χ1n) is 5.41. The van der Waals surface area contributed by atoms with Crippen molar-refractivity contribution in [2.45, 2.75) is 0 Å². The van der Waals surface area contributed by atoms with Crippen LogP contribution in [0.15, 0.2) is 46.0 Å². The van der Waals surface area contributed by atoms with Crippen LogP contribution < -0.4 is 10.5 Å². The van der Waals surface area contributed by atoms with E-state index in [-0.39, 0.29) is 5.84 Å². The van der Waals surface area contributed by atoms with Gasteiger partial charge in [-0.05, 0) is 30.3 Å². The number of nitrogens with two attached hydrogens (primary N) is 1. The van der Waals surface area contributed by atoms with E-state index in [0.29, 0.717) is 27.1 Å². The average Bonchev–Trinajstić information content (AvgIpc) is 2.42. The van der Waals surface area contributed by atoms with Gasteiger partial charge in [-0.15, -0.1) is 0 Å². The van der Waals surface area contributed by atoms with Gasteiger partial charge in [0.15, 0.2) is 5.84 Å². The molecule has 7 heteroatoms. The zero-order valence-corrected chi connectivity index (χ0v) is 13.1. The van der Waals surface area contributed by atoms with Crippen LogP contribution >= 0.6 is 39.1 Å². The van der Waals surface area contributed by atoms with Gasteiger partial charge in [0.05, 0.1) is 15.6 Å². The summed E-state index contributed by atoms with van der Waals surface area (Å²) in [5.41, 5.74) is 6.07. The normalized spacial score (nSPS) is 11.4. The van der Waals surface area contributed by atoms with Gasteiger partial charge >= 0.3 is 0 Å². The number of halogens is 3. The lowest BCUT2D eigenvalue weighted by molar-refractivity contribution is 0.318. The largest absolute Gasteiger partial charge is 0.457 e. The Labute approximate surface area is 133 Å². The molecule has 0 saturated carbocycles. The molecule has 0 fully saturated rings. The van der Waals surface area contributed by atoms with Crippen LogP contribution in [-0.2, 0) is 0 Å². The van der Waals surface area contributed by atoms with Gasteiger partial charge in [0.25, 0.3) is 0 Å². The maximum Gasteiger partial charge on any atom is 0.173 e. The predicted octanol–water partition coefficient (Wildman–Crippen LogP) is 4.64. The second kappa shape index (κ2) is 6.35. The molecule has 0 amide bonds. The molecule has 0 aliphatic rings. The maximum absolute atomic E-state index is 8.79. The van der Waals surface area contributed by atoms with Crippen molar-refractivity contribution in [3.63, 3.8) is 0 Å². The lowest BCUT2D eigenvalue weighted by Crippen LogP contribution is -2.14. The van der Waals surface area contributed by atoms with E-state index >= 15 is 0 Å². The minimum absolute atomic E-state index is 0.0486. The van der Waals surface area contributed by atoms with Crippen LogP contribution in [0, 0.1) is 0 Å². The first-order valence-corrected chi connectivity index (χ1v) is 6.96. The Kier molecular flexibility index (Phi) is 4.75. The molecule has 0 aromatic heterocycles. The summed E-state index contributed by atoms with van der Waals surface area (Å²) in [6.45, 7) is 0. The molecule has 2 aromatic rings. The van der Waals surface area contributed by atoms with E-state index in [4.69, 9.17) is 38.9 Å². The van der Waals surface area contributed by atoms with Crippen molar-refractivity contribution >= 4 is 45.0 Å². The van der Waals surface area contributed by atoms with Crippen molar-refractivity contribution in [2.75, 3.05) is 0 Å². The second-order valence-electron chi connectivity index (χ2n) is 3.80. The van der Waals surface area contributed by atoms with Gasteiger partial charge < -0.3 is 15.7 Å². The molecule has 2 aromatic carbocycles. The van der Waals surface area contributed by atoms with Crippen molar-refractivity contribution in [3.8, 4) is 11.5 Å². The Balaban J connectivity index is 2.41. The second-order valence-corrected chi connectivity index (χ2v) is 5.53. The van der Waals surface area contributed by atoms with E-state index in [1.54, 1.807) is 36.4 Å². The smallest absolute Gasteiger partial charge is 0.173 e. The molecule has 0 aliphatic heterocycles. The number of nitrogens with zero attached hydrogens (tertiary/aromatic N) is 1. The van der Waals surface area contributed by atoms with E-state index in [2.05, 4.69) is 21.1 Å². The number of amidine groups is 1. The monoisotopic (exact) mass is 374 g/mol. The Bertz CT molecular complexity index is 677. The van der Waals surface area contributed by atoms with Crippen LogP contribution in [0.1, 0.15) is 5.56 Å². The maximum atomic E-state index is 8.79. The van der Waals surface area contributed by atoms with E-state index in [0.717, 1.165) is 4.47 Å². The molecule has 0 heterocycles. The molecule has 3 N–H and O–H groups in total. The van der Waals surface area contributed by atoms with Gasteiger partial charge in [-0.3, -0.25) is 0 Å². The van der Waals surface area contributed by atoms with Gasteiger partial charge in [-0.2, -0.15) is 0 Å². The third-order valence-corrected chi connectivity index (χ3v) is 3.68. The fourth-order valence-corrected chi connectivity index (χ4v) is 2.14. The SMILES string of the molecule is N/C(=N/O)c1ccc(Br)cc1Oc1ccc(Cl)c(Cl)c1. The van der Waals surface area contributed by atoms with Crippen LogP contribution in [0.4, 0.5) is 0 Å². The Hall–Kier alpha value is -1.43. The molecule has 0 aliphatic carbocycles. The molecule has 104 valence electrons. The Morgan fingerprint density at radius 2 is 1.90 bits per heavy atom. The third-order valence-electron chi connectivity index (χ3n) is 2.45. The highest BCUT2D eigenvalue weighted by molar-refractivity contribution is 9.10. The highest BCUT2D eigenvalue weighted by Gasteiger charge is 2.11. The summed E-state index contributed by atoms with van der Waals surface area (Å²) in [4.78, 5) is 0. The molecule has 4 nitrogen and oxygen atoms in total. The molecule has 0 saturated heterocycles. The van der Waals surface area contributed by atoms with Crippen molar-refractivity contribution in [1.82, 2.24) is 0 Å². The summed E-state index contributed by atoms with van der Waals surface area (Å²) >= 11 is 15.1. The molecular formula is C13H9BrCl2N2O2. The lowest BCUT2D eigenvalue weighted by atomic mass is 10.2. The van der Waals surface area contributed by atoms with E-state index < -0.39 is 0 Å². The number of oxime groups is 1. The first-order chi connectivity index (χ1) is 9.51. The molecule has 0 atom stereocenters. The minimum Gasteiger partial charge on any atom is -0.457 e. The van der Waals surface area contributed by atoms with Crippen molar-refractivity contribution in [2.24, 2.45) is 10.9 Å². The molecular weight excluding hydrogens is 367 g/mol. The number of benzene rings is 2. The quantitative estimate of drug-likeness (QED) is 0.355. The van der Waals surface area contributed by atoms with E-state index in [1.165, 1.54) is 0 Å². The molecule has 0 bridgehead atoms. The van der Waals surface area contributed by atoms with Crippen LogP contribution in [0.25, 0.3) is 0 Å². The summed E-state index contributed by atoms with van der Waals surface area (Å²) in [6, 6.07) is 10.0. The van der Waals surface area contributed by atoms with E-state index in [9.17, 15) is 0 Å². The van der Waals surface area contributed by atoms with Gasteiger partial charge in [-0.25, -0.2) is 0 Å². The average molecular weight is 376 g/mol. The van der Waals surface area contributed by atoms with Gasteiger partial charge in [0, 0.05) is 10.5 Å². The standard InChI is InChI=1S/C13H9BrCl2N2O2/c14-7-1-3-9(13(17)18-19)12(5-7)20-8-2-4-10(15)11(16)6-8/h1-6,19H,(H2,17,18). The number of ether oxygens (including phenoxy) is 1. The molecule has 0 unspecified atom stereocenters. The highest BCUT2D eigenvalue weighted by atomic mass is 79.9. The van der Waals surface area contributed by atoms with Crippen LogP contribution in [0.2, 0.25) is 10.0 Å². The predicted molar refractivity (Wildman–Crippen MR) is 83.2 cm³/mol. The molecule has 2 rings (SSSR count). The van der Waals surface area contributed by atoms with Crippen LogP contribution in [-0.4, -0.2) is 11.0 Å². The third kappa shape index (κ3) is 3.36. The fourth-order valence-electron chi connectivity index (χ4n) is 1.51. The van der Waals surface area contributed by atoms with Gasteiger partial charge in [-0.1, -0.05) is 44.3 Å². The number of hydrogen-bond acceptors (Lipinski definition) is 3. The van der Waals surface area contributed by atoms with Crippen molar-refractivity contribution in [1.29, 1.82) is 0 Å². The summed E-state index contributed by atoms with van der Waals surface area (Å²) < 4.78 is 6.50. The van der Waals surface area contributed by atoms with Crippen LogP contribution in [0.5, 0.6) is 11.5 Å². The minimum atomic E-state index is -0.0486. The fraction of sp³-hybridized carbons (Fsp3) is 0. The van der Waals surface area contributed by atoms with E-state index in [1.807, 2.05) is 0 Å². The summed E-state index contributed by atoms with van der Waals surface area (Å²) in [7, 11) is 0. The molecule has 20 heavy (non-hydrogen) atoms. The molecule has 0 radical (unpaired) electrons. The first kappa shape index (κ1) is 15.0. The Morgan fingerprint density at radius 3 is 2.55 bits per heavy atom. The zero-order chi connectivity index (χ0) is 14.7. The number of hydrogen-bond donors (Lipinski definition) is 2. The summed E-state index contributed by atoms with van der Waals surface area (Å²) in [6.07, 6.45) is 0. The van der Waals surface area contributed by atoms with Crippen molar-refractivity contribution < 1.29 is 9.94 Å². The zero-order valence-electron chi connectivity index (χ0n) is 9.98. The van der Waals surface area contributed by atoms with Gasteiger partial charge in [0.1, 0.15) is 11.5 Å². The van der Waals surface area contributed by atoms with Crippen LogP contribution in [0.3, 0.4) is 0 Å². The molecule has 0 spiro atoms. The number of rotatable bonds is 3.